The molecule has 0 unspecified atom stereocenters. The highest BCUT2D eigenvalue weighted by atomic mass is 28.4. The zero-order valence-electron chi connectivity index (χ0n) is 17.7. The van der Waals surface area contributed by atoms with Gasteiger partial charge >= 0.3 is 6.18 Å². The van der Waals surface area contributed by atoms with Crippen molar-refractivity contribution in [2.24, 2.45) is 0 Å². The molecule has 0 aliphatic carbocycles. The summed E-state index contributed by atoms with van der Waals surface area (Å²) in [5.41, 5.74) is 0.521. The molecule has 0 spiro atoms. The van der Waals surface area contributed by atoms with Crippen LogP contribution in [0.1, 0.15) is 31.8 Å². The van der Waals surface area contributed by atoms with Gasteiger partial charge in [0.05, 0.1) is 11.9 Å². The fourth-order valence-electron chi connectivity index (χ4n) is 4.09. The summed E-state index contributed by atoms with van der Waals surface area (Å²) in [6.45, 7) is 4.02. The fourth-order valence-corrected chi connectivity index (χ4v) is 7.83. The van der Waals surface area contributed by atoms with Crippen molar-refractivity contribution >= 4 is 24.3 Å². The van der Waals surface area contributed by atoms with Crippen LogP contribution in [0.5, 0.6) is 0 Å². The quantitative estimate of drug-likeness (QED) is 0.451. The molecule has 4 rings (SSSR count). The number of hydrogen-bond donors (Lipinski definition) is 1. The van der Waals surface area contributed by atoms with Crippen LogP contribution in [-0.4, -0.2) is 32.7 Å². The van der Waals surface area contributed by atoms with Crippen molar-refractivity contribution in [2.45, 2.75) is 37.9 Å². The van der Waals surface area contributed by atoms with Crippen molar-refractivity contribution in [3.63, 3.8) is 0 Å². The second-order valence-corrected chi connectivity index (χ2v) is 12.4. The Morgan fingerprint density at radius 1 is 0.906 bits per heavy atom. The second-order valence-electron chi connectivity index (χ2n) is 8.45. The molecule has 0 aliphatic rings. The smallest absolute Gasteiger partial charge is 0.424 e. The zero-order chi connectivity index (χ0) is 23.0. The van der Waals surface area contributed by atoms with Crippen LogP contribution < -0.4 is 10.4 Å². The summed E-state index contributed by atoms with van der Waals surface area (Å²) in [4.78, 5) is 16.5. The standard InChI is InChI=1S/C23H23F3N4OSi/c1-22(2,32(31,18-9-5-3-6-10-18)19-11-7-4-8-12-19)14-13-17-16-30-20(15-27-17)28-29-21(30)23(24,25)26/h3-12,15-16,31H,13-14H2,1-2H3. The Labute approximate surface area is 184 Å². The van der Waals surface area contributed by atoms with Gasteiger partial charge in [-0.05, 0) is 28.3 Å². The Morgan fingerprint density at radius 2 is 1.47 bits per heavy atom. The highest BCUT2D eigenvalue weighted by molar-refractivity contribution is 6.98. The molecule has 0 saturated carbocycles. The monoisotopic (exact) mass is 456 g/mol. The van der Waals surface area contributed by atoms with E-state index in [0.717, 1.165) is 14.8 Å². The maximum Gasteiger partial charge on any atom is 0.452 e. The number of alkyl halides is 3. The number of aryl methyl sites for hydroxylation is 1. The number of aromatic nitrogens is 4. The molecule has 4 aromatic rings. The molecular weight excluding hydrogens is 433 g/mol. The van der Waals surface area contributed by atoms with Crippen LogP contribution in [0.2, 0.25) is 5.04 Å². The molecule has 0 radical (unpaired) electrons. The van der Waals surface area contributed by atoms with E-state index in [-0.39, 0.29) is 5.65 Å². The number of benzene rings is 2. The summed E-state index contributed by atoms with van der Waals surface area (Å²) in [6, 6.07) is 19.2. The van der Waals surface area contributed by atoms with Gasteiger partial charge in [0.2, 0.25) is 5.82 Å². The van der Waals surface area contributed by atoms with E-state index in [0.29, 0.717) is 18.5 Å². The van der Waals surface area contributed by atoms with Crippen LogP contribution in [0, 0.1) is 0 Å². The minimum absolute atomic E-state index is 0.0415. The molecular formula is C23H23F3N4OSi. The number of halogens is 3. The lowest BCUT2D eigenvalue weighted by Gasteiger charge is -2.41. The lowest BCUT2D eigenvalue weighted by Crippen LogP contribution is -2.65. The molecule has 0 saturated heterocycles. The van der Waals surface area contributed by atoms with Crippen molar-refractivity contribution in [3.05, 3.63) is 84.6 Å². The normalized spacial score (nSPS) is 12.9. The van der Waals surface area contributed by atoms with Crippen molar-refractivity contribution < 1.29 is 18.0 Å². The van der Waals surface area contributed by atoms with Crippen molar-refractivity contribution in [2.75, 3.05) is 0 Å². The molecule has 166 valence electrons. The Hall–Kier alpha value is -3.04. The van der Waals surface area contributed by atoms with Crippen LogP contribution in [-0.2, 0) is 12.6 Å². The van der Waals surface area contributed by atoms with Gasteiger partial charge in [-0.15, -0.1) is 10.2 Å². The highest BCUT2D eigenvalue weighted by Crippen LogP contribution is 2.39. The third-order valence-corrected chi connectivity index (χ3v) is 10.5. The van der Waals surface area contributed by atoms with Crippen molar-refractivity contribution in [3.8, 4) is 0 Å². The van der Waals surface area contributed by atoms with Crippen molar-refractivity contribution in [1.29, 1.82) is 0 Å². The van der Waals surface area contributed by atoms with Gasteiger partial charge < -0.3 is 4.80 Å². The largest absolute Gasteiger partial charge is 0.452 e. The summed E-state index contributed by atoms with van der Waals surface area (Å²) in [7, 11) is -3.20. The fraction of sp³-hybridized carbons (Fsp3) is 0.261. The first kappa shape index (κ1) is 22.2. The summed E-state index contributed by atoms with van der Waals surface area (Å²) in [5, 5.41) is 8.04. The van der Waals surface area contributed by atoms with Gasteiger partial charge in [-0.1, -0.05) is 74.5 Å². The minimum atomic E-state index is -4.61. The number of hydrogen-bond acceptors (Lipinski definition) is 4. The molecule has 0 fully saturated rings. The Kier molecular flexibility index (Phi) is 5.64. The van der Waals surface area contributed by atoms with Crippen LogP contribution in [0.25, 0.3) is 5.65 Å². The molecule has 0 aliphatic heterocycles. The number of rotatable bonds is 6. The summed E-state index contributed by atoms with van der Waals surface area (Å²) >= 11 is 0. The van der Waals surface area contributed by atoms with Crippen LogP contribution in [0.15, 0.2) is 73.1 Å². The molecule has 0 amide bonds. The van der Waals surface area contributed by atoms with Crippen molar-refractivity contribution in [1.82, 2.24) is 19.6 Å². The molecule has 0 atom stereocenters. The summed E-state index contributed by atoms with van der Waals surface area (Å²) in [5.74, 6) is -1.07. The third-order valence-electron chi connectivity index (χ3n) is 5.97. The first-order valence-electron chi connectivity index (χ1n) is 10.2. The lowest BCUT2D eigenvalue weighted by molar-refractivity contribution is -0.145. The molecule has 9 heteroatoms. The Bertz CT molecular complexity index is 1170. The zero-order valence-corrected chi connectivity index (χ0v) is 18.7. The van der Waals surface area contributed by atoms with E-state index < -0.39 is 25.4 Å². The van der Waals surface area contributed by atoms with E-state index in [1.165, 1.54) is 12.4 Å². The maximum atomic E-state index is 13.2. The van der Waals surface area contributed by atoms with E-state index >= 15 is 0 Å². The first-order valence-corrected chi connectivity index (χ1v) is 12.2. The number of nitrogens with zero attached hydrogens (tertiary/aromatic N) is 4. The van der Waals surface area contributed by atoms with Gasteiger partial charge in [0.25, 0.3) is 8.32 Å². The van der Waals surface area contributed by atoms with Gasteiger partial charge in [0.15, 0.2) is 5.65 Å². The molecule has 1 N–H and O–H groups in total. The summed E-state index contributed by atoms with van der Waals surface area (Å²) < 4.78 is 40.6. The third kappa shape index (κ3) is 3.93. The van der Waals surface area contributed by atoms with Gasteiger partial charge in [0, 0.05) is 6.20 Å². The van der Waals surface area contributed by atoms with E-state index in [2.05, 4.69) is 15.2 Å². The molecule has 32 heavy (non-hydrogen) atoms. The predicted molar refractivity (Wildman–Crippen MR) is 118 cm³/mol. The minimum Gasteiger partial charge on any atom is -0.424 e. The molecule has 5 nitrogen and oxygen atoms in total. The van der Waals surface area contributed by atoms with Gasteiger partial charge in [0.1, 0.15) is 0 Å². The SMILES string of the molecule is CC(C)(CCc1cn2c(C(F)(F)F)nnc2cn1)[Si](O)(c1ccccc1)c1ccccc1. The lowest BCUT2D eigenvalue weighted by atomic mass is 10.1. The average Bonchev–Trinajstić information content (AvgIpc) is 3.22. The Balaban J connectivity index is 1.68. The second kappa shape index (κ2) is 8.14. The molecule has 2 heterocycles. The van der Waals surface area contributed by atoms with Gasteiger partial charge in [-0.2, -0.15) is 13.2 Å². The first-order chi connectivity index (χ1) is 15.1. The van der Waals surface area contributed by atoms with Gasteiger partial charge in [-0.3, -0.25) is 9.38 Å². The highest BCUT2D eigenvalue weighted by Gasteiger charge is 2.49. The average molecular weight is 457 g/mol. The topological polar surface area (TPSA) is 63.3 Å². The summed E-state index contributed by atoms with van der Waals surface area (Å²) in [6.07, 6.45) is -1.05. The van der Waals surface area contributed by atoms with Crippen LogP contribution in [0.4, 0.5) is 13.2 Å². The van der Waals surface area contributed by atoms with E-state index in [4.69, 9.17) is 0 Å². The predicted octanol–water partition coefficient (Wildman–Crippen LogP) is 3.61. The number of fused-ring (bicyclic) bond motifs is 1. The van der Waals surface area contributed by atoms with E-state index in [9.17, 15) is 18.0 Å². The molecule has 0 bridgehead atoms. The van der Waals surface area contributed by atoms with E-state index in [1.807, 2.05) is 74.5 Å². The van der Waals surface area contributed by atoms with Crippen LogP contribution in [0.3, 0.4) is 0 Å². The molecule has 2 aromatic carbocycles. The van der Waals surface area contributed by atoms with Crippen LogP contribution >= 0.6 is 0 Å². The van der Waals surface area contributed by atoms with Gasteiger partial charge in [-0.25, -0.2) is 0 Å². The molecule has 2 aromatic heterocycles. The van der Waals surface area contributed by atoms with E-state index in [1.54, 1.807) is 0 Å². The Morgan fingerprint density at radius 3 is 2.00 bits per heavy atom. The maximum absolute atomic E-state index is 13.2.